The van der Waals surface area contributed by atoms with Crippen LogP contribution in [0.1, 0.15) is 31.7 Å². The Bertz CT molecular complexity index is 1240. The average Bonchev–Trinajstić information content (AvgIpc) is 3.27. The minimum absolute atomic E-state index is 0.0657. The van der Waals surface area contributed by atoms with E-state index in [2.05, 4.69) is 10.2 Å². The standard InChI is InChI=1S/C24H22F4N4O3/c1-13(2)23(33)31-10-16(11-31)24(34)32(18-5-3-4-17(25)9-18)12-15-7-6-14(8-19(15)26)21-29-30-22(35-21)20(27)28/h3-9,13,16,20H,10-12H2,1-2H3. The van der Waals surface area contributed by atoms with Gasteiger partial charge < -0.3 is 14.2 Å². The van der Waals surface area contributed by atoms with Gasteiger partial charge in [-0.1, -0.05) is 26.0 Å². The van der Waals surface area contributed by atoms with Crippen molar-refractivity contribution in [1.82, 2.24) is 15.1 Å². The molecule has 0 saturated carbocycles. The minimum atomic E-state index is -2.95. The second-order valence-electron chi connectivity index (χ2n) is 8.55. The maximum absolute atomic E-state index is 15.0. The Balaban J connectivity index is 1.57. The van der Waals surface area contributed by atoms with Crippen LogP contribution in [0.2, 0.25) is 0 Å². The van der Waals surface area contributed by atoms with Gasteiger partial charge in [0.05, 0.1) is 12.5 Å². The summed E-state index contributed by atoms with van der Waals surface area (Å²) in [6.07, 6.45) is -2.95. The van der Waals surface area contributed by atoms with Gasteiger partial charge >= 0.3 is 6.43 Å². The lowest BCUT2D eigenvalue weighted by Gasteiger charge is -2.41. The highest BCUT2D eigenvalue weighted by atomic mass is 19.3. The number of carbonyl (C=O) groups is 2. The number of halogens is 4. The molecule has 2 aromatic carbocycles. The van der Waals surface area contributed by atoms with E-state index in [1.165, 1.54) is 41.3 Å². The minimum Gasteiger partial charge on any atom is -0.415 e. The quantitative estimate of drug-likeness (QED) is 0.453. The average molecular weight is 490 g/mol. The van der Waals surface area contributed by atoms with Crippen LogP contribution in [0.15, 0.2) is 46.9 Å². The molecule has 0 unspecified atom stereocenters. The lowest BCUT2D eigenvalue weighted by molar-refractivity contribution is -0.144. The number of alkyl halides is 2. The number of aromatic nitrogens is 2. The molecule has 1 fully saturated rings. The number of hydrogen-bond acceptors (Lipinski definition) is 5. The highest BCUT2D eigenvalue weighted by Crippen LogP contribution is 2.29. The Hall–Kier alpha value is -3.76. The molecule has 2 heterocycles. The second kappa shape index (κ2) is 9.85. The van der Waals surface area contributed by atoms with E-state index in [4.69, 9.17) is 4.42 Å². The third kappa shape index (κ3) is 5.18. The van der Waals surface area contributed by atoms with E-state index in [9.17, 15) is 27.2 Å². The molecule has 0 N–H and O–H groups in total. The molecule has 7 nitrogen and oxygen atoms in total. The van der Waals surface area contributed by atoms with E-state index >= 15 is 0 Å². The zero-order valence-electron chi connectivity index (χ0n) is 18.9. The predicted molar refractivity (Wildman–Crippen MR) is 117 cm³/mol. The molecule has 1 aliphatic rings. The largest absolute Gasteiger partial charge is 0.415 e. The van der Waals surface area contributed by atoms with Crippen molar-refractivity contribution in [3.05, 3.63) is 65.6 Å². The molecule has 0 spiro atoms. The number of rotatable bonds is 7. The van der Waals surface area contributed by atoms with Gasteiger partial charge in [-0.15, -0.1) is 10.2 Å². The summed E-state index contributed by atoms with van der Waals surface area (Å²) in [6.45, 7) is 3.78. The Morgan fingerprint density at radius 3 is 2.46 bits per heavy atom. The normalized spacial score (nSPS) is 13.9. The summed E-state index contributed by atoms with van der Waals surface area (Å²) in [5, 5.41) is 6.72. The van der Waals surface area contributed by atoms with Gasteiger partial charge in [0.25, 0.3) is 5.89 Å². The van der Waals surface area contributed by atoms with Crippen LogP contribution in [0.3, 0.4) is 0 Å². The molecule has 3 aromatic rings. The van der Waals surface area contributed by atoms with Gasteiger partial charge in [0.1, 0.15) is 11.6 Å². The van der Waals surface area contributed by atoms with Crippen molar-refractivity contribution in [1.29, 1.82) is 0 Å². The third-order valence-electron chi connectivity index (χ3n) is 5.68. The van der Waals surface area contributed by atoms with E-state index < -0.39 is 29.9 Å². The van der Waals surface area contributed by atoms with Gasteiger partial charge in [0.15, 0.2) is 0 Å². The Kier molecular flexibility index (Phi) is 6.86. The maximum Gasteiger partial charge on any atom is 0.314 e. The molecule has 0 atom stereocenters. The van der Waals surface area contributed by atoms with E-state index in [1.54, 1.807) is 18.7 Å². The maximum atomic E-state index is 15.0. The number of nitrogens with zero attached hydrogens (tertiary/aromatic N) is 4. The molecule has 1 aliphatic heterocycles. The third-order valence-corrected chi connectivity index (χ3v) is 5.68. The molecule has 0 bridgehead atoms. The van der Waals surface area contributed by atoms with Crippen molar-refractivity contribution in [2.75, 3.05) is 18.0 Å². The van der Waals surface area contributed by atoms with Gasteiger partial charge in [-0.25, -0.2) is 8.78 Å². The van der Waals surface area contributed by atoms with Gasteiger partial charge in [-0.05, 0) is 30.3 Å². The molecular formula is C24H22F4N4O3. The molecule has 0 aliphatic carbocycles. The summed E-state index contributed by atoms with van der Waals surface area (Å²) < 4.78 is 59.1. The molecule has 4 rings (SSSR count). The van der Waals surface area contributed by atoms with Crippen molar-refractivity contribution in [2.45, 2.75) is 26.8 Å². The monoisotopic (exact) mass is 490 g/mol. The van der Waals surface area contributed by atoms with E-state index in [1.807, 2.05) is 0 Å². The molecule has 1 aromatic heterocycles. The first-order chi connectivity index (χ1) is 16.6. The Morgan fingerprint density at radius 1 is 1.11 bits per heavy atom. The van der Waals surface area contributed by atoms with Crippen molar-refractivity contribution < 1.29 is 31.6 Å². The van der Waals surface area contributed by atoms with Crippen LogP contribution in [-0.4, -0.2) is 40.0 Å². The van der Waals surface area contributed by atoms with Gasteiger partial charge in [0, 0.05) is 35.8 Å². The first-order valence-electron chi connectivity index (χ1n) is 10.9. The molecule has 1 saturated heterocycles. The highest BCUT2D eigenvalue weighted by molar-refractivity contribution is 5.97. The lowest BCUT2D eigenvalue weighted by Crippen LogP contribution is -2.57. The van der Waals surface area contributed by atoms with Gasteiger partial charge in [-0.2, -0.15) is 8.78 Å². The molecule has 11 heteroatoms. The molecule has 184 valence electrons. The van der Waals surface area contributed by atoms with Crippen molar-refractivity contribution in [3.8, 4) is 11.5 Å². The van der Waals surface area contributed by atoms with Crippen LogP contribution < -0.4 is 4.90 Å². The topological polar surface area (TPSA) is 79.5 Å². The van der Waals surface area contributed by atoms with E-state index in [-0.39, 0.29) is 60.1 Å². The summed E-state index contributed by atoms with van der Waals surface area (Å²) >= 11 is 0. The van der Waals surface area contributed by atoms with E-state index in [0.29, 0.717) is 0 Å². The van der Waals surface area contributed by atoms with Crippen LogP contribution in [0.25, 0.3) is 11.5 Å². The summed E-state index contributed by atoms with van der Waals surface area (Å²) in [7, 11) is 0. The number of likely N-dealkylation sites (tertiary alicyclic amines) is 1. The zero-order valence-corrected chi connectivity index (χ0v) is 18.9. The molecular weight excluding hydrogens is 468 g/mol. The van der Waals surface area contributed by atoms with Crippen LogP contribution >= 0.6 is 0 Å². The predicted octanol–water partition coefficient (Wildman–Crippen LogP) is 4.60. The summed E-state index contributed by atoms with van der Waals surface area (Å²) in [5.74, 6) is -3.59. The van der Waals surface area contributed by atoms with Crippen LogP contribution in [0.5, 0.6) is 0 Å². The van der Waals surface area contributed by atoms with E-state index in [0.717, 1.165) is 6.07 Å². The summed E-state index contributed by atoms with van der Waals surface area (Å²) in [4.78, 5) is 28.3. The van der Waals surface area contributed by atoms with Crippen LogP contribution in [0, 0.1) is 23.5 Å². The first-order valence-corrected chi connectivity index (χ1v) is 10.9. The molecule has 35 heavy (non-hydrogen) atoms. The van der Waals surface area contributed by atoms with Crippen LogP contribution in [-0.2, 0) is 16.1 Å². The fraction of sp³-hybridized carbons (Fsp3) is 0.333. The lowest BCUT2D eigenvalue weighted by atomic mass is 9.95. The highest BCUT2D eigenvalue weighted by Gasteiger charge is 2.39. The Labute approximate surface area is 198 Å². The Morgan fingerprint density at radius 2 is 1.86 bits per heavy atom. The van der Waals surface area contributed by atoms with Gasteiger partial charge in [-0.3, -0.25) is 9.59 Å². The number of benzene rings is 2. The van der Waals surface area contributed by atoms with Crippen LogP contribution in [0.4, 0.5) is 23.2 Å². The number of carbonyl (C=O) groups excluding carboxylic acids is 2. The number of anilines is 1. The molecule has 0 radical (unpaired) electrons. The fourth-order valence-corrected chi connectivity index (χ4v) is 3.76. The molecule has 2 amide bonds. The SMILES string of the molecule is CC(C)C(=O)N1CC(C(=O)N(Cc2ccc(-c3nnc(C(F)F)o3)cc2F)c2cccc(F)c2)C1. The van der Waals surface area contributed by atoms with Crippen molar-refractivity contribution in [2.24, 2.45) is 11.8 Å². The zero-order chi connectivity index (χ0) is 25.3. The smallest absolute Gasteiger partial charge is 0.314 e. The fourth-order valence-electron chi connectivity index (χ4n) is 3.76. The van der Waals surface area contributed by atoms with Crippen molar-refractivity contribution >= 4 is 17.5 Å². The van der Waals surface area contributed by atoms with Crippen molar-refractivity contribution in [3.63, 3.8) is 0 Å². The summed E-state index contributed by atoms with van der Waals surface area (Å²) in [5.41, 5.74) is 0.441. The van der Waals surface area contributed by atoms with Gasteiger partial charge in [0.2, 0.25) is 17.7 Å². The first kappa shape index (κ1) is 24.4. The summed E-state index contributed by atoms with van der Waals surface area (Å²) in [6, 6.07) is 9.19. The number of hydrogen-bond donors (Lipinski definition) is 0. The number of amides is 2. The second-order valence-corrected chi connectivity index (χ2v) is 8.55.